The van der Waals surface area contributed by atoms with Crippen LogP contribution in [0.1, 0.15) is 5.82 Å². The van der Waals surface area contributed by atoms with Crippen molar-refractivity contribution in [3.05, 3.63) is 5.82 Å². The largest absolute Gasteiger partial charge is 0.375 e. The van der Waals surface area contributed by atoms with Gasteiger partial charge in [-0.3, -0.25) is 0 Å². The van der Waals surface area contributed by atoms with Gasteiger partial charge in [-0.25, -0.2) is 13.5 Å². The Morgan fingerprint density at radius 3 is 2.93 bits per heavy atom. The number of nitrogens with zero attached hydrogens (tertiary/aromatic N) is 4. The molecule has 8 heteroatoms. The molecule has 0 bridgehead atoms. The van der Waals surface area contributed by atoms with Crippen molar-refractivity contribution in [2.75, 3.05) is 19.8 Å². The van der Waals surface area contributed by atoms with Crippen LogP contribution >= 0.6 is 0 Å². The fourth-order valence-corrected chi connectivity index (χ4v) is 1.03. The molecule has 15 heavy (non-hydrogen) atoms. The van der Waals surface area contributed by atoms with Crippen molar-refractivity contribution in [1.29, 1.82) is 0 Å². The number of ether oxygens (including phenoxy) is 1. The van der Waals surface area contributed by atoms with Crippen LogP contribution in [0.2, 0.25) is 0 Å². The topological polar surface area (TPSA) is 78.9 Å². The zero-order valence-electron chi connectivity index (χ0n) is 8.14. The minimum atomic E-state index is -2.44. The summed E-state index contributed by atoms with van der Waals surface area (Å²) in [4.78, 5) is 0. The fourth-order valence-electron chi connectivity index (χ4n) is 1.03. The van der Waals surface area contributed by atoms with E-state index in [-0.39, 0.29) is 6.61 Å². The van der Waals surface area contributed by atoms with Crippen molar-refractivity contribution in [3.63, 3.8) is 0 Å². The molecule has 6 nitrogen and oxygen atoms in total. The van der Waals surface area contributed by atoms with Gasteiger partial charge in [-0.1, -0.05) is 0 Å². The Morgan fingerprint density at radius 1 is 1.47 bits per heavy atom. The molecule has 0 aliphatic heterocycles. The monoisotopic (exact) mass is 221 g/mol. The Kier molecular flexibility index (Phi) is 5.05. The predicted octanol–water partition coefficient (Wildman–Crippen LogP) is -0.544. The third kappa shape index (κ3) is 4.26. The van der Waals surface area contributed by atoms with Crippen LogP contribution < -0.4 is 5.73 Å². The third-order valence-corrected chi connectivity index (χ3v) is 1.66. The van der Waals surface area contributed by atoms with Crippen molar-refractivity contribution in [3.8, 4) is 0 Å². The van der Waals surface area contributed by atoms with Crippen molar-refractivity contribution < 1.29 is 13.5 Å². The van der Waals surface area contributed by atoms with E-state index in [0.717, 1.165) is 0 Å². The molecule has 1 aromatic rings. The molecule has 0 amide bonds. The Bertz CT molecular complexity index is 280. The maximum absolute atomic E-state index is 11.7. The van der Waals surface area contributed by atoms with Gasteiger partial charge in [0.15, 0.2) is 5.82 Å². The molecular weight excluding hydrogens is 208 g/mol. The summed E-state index contributed by atoms with van der Waals surface area (Å²) in [6, 6.07) is 0. The number of hydrogen-bond donors (Lipinski definition) is 1. The first-order valence-electron chi connectivity index (χ1n) is 4.55. The Labute approximate surface area is 85.4 Å². The minimum Gasteiger partial charge on any atom is -0.375 e. The van der Waals surface area contributed by atoms with Crippen LogP contribution in [-0.2, 0) is 17.7 Å². The summed E-state index contributed by atoms with van der Waals surface area (Å²) in [5.74, 6) is 0.592. The maximum atomic E-state index is 11.7. The van der Waals surface area contributed by atoms with Gasteiger partial charge in [-0.2, -0.15) is 0 Å². The van der Waals surface area contributed by atoms with E-state index in [4.69, 9.17) is 10.5 Å². The highest BCUT2D eigenvalue weighted by Gasteiger charge is 2.06. The first kappa shape index (κ1) is 11.9. The smallest absolute Gasteiger partial charge is 0.261 e. The molecule has 0 fully saturated rings. The van der Waals surface area contributed by atoms with E-state index < -0.39 is 13.0 Å². The van der Waals surface area contributed by atoms with Gasteiger partial charge >= 0.3 is 0 Å². The standard InChI is InChI=1S/C7H13F2N5O/c8-6(9)5-15-4-1-7-11-12-13-14(7)3-2-10/h6H,1-5,10H2. The molecule has 0 radical (unpaired) electrons. The second kappa shape index (κ2) is 6.36. The number of rotatable bonds is 7. The summed E-state index contributed by atoms with van der Waals surface area (Å²) >= 11 is 0. The molecule has 1 heterocycles. The molecule has 0 saturated heterocycles. The van der Waals surface area contributed by atoms with Crippen molar-refractivity contribution in [2.45, 2.75) is 19.4 Å². The van der Waals surface area contributed by atoms with Gasteiger partial charge in [0, 0.05) is 13.0 Å². The number of tetrazole rings is 1. The van der Waals surface area contributed by atoms with Crippen LogP contribution in [0.4, 0.5) is 8.78 Å². The lowest BCUT2D eigenvalue weighted by atomic mass is 10.4. The summed E-state index contributed by atoms with van der Waals surface area (Å²) in [5.41, 5.74) is 5.34. The molecule has 0 unspecified atom stereocenters. The van der Waals surface area contributed by atoms with Crippen LogP contribution in [-0.4, -0.2) is 46.4 Å². The molecule has 0 saturated carbocycles. The number of alkyl halides is 2. The summed E-state index contributed by atoms with van der Waals surface area (Å²) in [5, 5.41) is 10.9. The summed E-state index contributed by atoms with van der Waals surface area (Å²) in [7, 11) is 0. The molecule has 0 aromatic carbocycles. The van der Waals surface area contributed by atoms with E-state index in [2.05, 4.69) is 15.5 Å². The number of aromatic nitrogens is 4. The molecule has 2 N–H and O–H groups in total. The summed E-state index contributed by atoms with van der Waals surface area (Å²) in [6.07, 6.45) is -2.04. The lowest BCUT2D eigenvalue weighted by Gasteiger charge is -2.03. The fraction of sp³-hybridized carbons (Fsp3) is 0.857. The number of hydrogen-bond acceptors (Lipinski definition) is 5. The van der Waals surface area contributed by atoms with Crippen LogP contribution in [0, 0.1) is 0 Å². The average molecular weight is 221 g/mol. The van der Waals surface area contributed by atoms with Gasteiger partial charge < -0.3 is 10.5 Å². The van der Waals surface area contributed by atoms with E-state index in [1.165, 1.54) is 4.68 Å². The molecule has 1 rings (SSSR count). The molecule has 0 spiro atoms. The summed E-state index contributed by atoms with van der Waals surface area (Å²) < 4.78 is 29.7. The SMILES string of the molecule is NCCn1nnnc1CCOCC(F)F. The molecular formula is C7H13F2N5O. The highest BCUT2D eigenvalue weighted by atomic mass is 19.3. The Hall–Kier alpha value is -1.15. The van der Waals surface area contributed by atoms with Gasteiger partial charge in [-0.05, 0) is 10.4 Å². The zero-order valence-corrected chi connectivity index (χ0v) is 8.14. The second-order valence-electron chi connectivity index (χ2n) is 2.82. The highest BCUT2D eigenvalue weighted by Crippen LogP contribution is 1.96. The van der Waals surface area contributed by atoms with E-state index in [9.17, 15) is 8.78 Å². The quantitative estimate of drug-likeness (QED) is 0.625. The van der Waals surface area contributed by atoms with Crippen LogP contribution in [0.15, 0.2) is 0 Å². The second-order valence-corrected chi connectivity index (χ2v) is 2.82. The Balaban J connectivity index is 2.27. The molecule has 86 valence electrons. The molecule has 0 aliphatic rings. The highest BCUT2D eigenvalue weighted by molar-refractivity contribution is 4.80. The molecule has 0 aliphatic carbocycles. The molecule has 0 atom stereocenters. The van der Waals surface area contributed by atoms with Gasteiger partial charge in [0.05, 0.1) is 13.2 Å². The minimum absolute atomic E-state index is 0.176. The van der Waals surface area contributed by atoms with E-state index in [1.54, 1.807) is 0 Å². The van der Waals surface area contributed by atoms with Crippen molar-refractivity contribution in [1.82, 2.24) is 20.2 Å². The maximum Gasteiger partial charge on any atom is 0.261 e. The van der Waals surface area contributed by atoms with Crippen molar-refractivity contribution >= 4 is 0 Å². The van der Waals surface area contributed by atoms with Gasteiger partial charge in [0.2, 0.25) is 0 Å². The predicted molar refractivity (Wildman–Crippen MR) is 47.4 cm³/mol. The average Bonchev–Trinajstić information content (AvgIpc) is 2.61. The first-order chi connectivity index (χ1) is 7.24. The van der Waals surface area contributed by atoms with Crippen LogP contribution in [0.25, 0.3) is 0 Å². The lowest BCUT2D eigenvalue weighted by molar-refractivity contribution is 0.0180. The van der Waals surface area contributed by atoms with Crippen molar-refractivity contribution in [2.24, 2.45) is 5.73 Å². The lowest BCUT2D eigenvalue weighted by Crippen LogP contribution is -2.16. The molecule has 1 aromatic heterocycles. The summed E-state index contributed by atoms with van der Waals surface area (Å²) in [6.45, 7) is 0.556. The van der Waals surface area contributed by atoms with Crippen LogP contribution in [0.5, 0.6) is 0 Å². The van der Waals surface area contributed by atoms with Crippen LogP contribution in [0.3, 0.4) is 0 Å². The number of halogens is 2. The number of nitrogens with two attached hydrogens (primary N) is 1. The zero-order chi connectivity index (χ0) is 11.1. The Morgan fingerprint density at radius 2 is 2.27 bits per heavy atom. The normalized spacial score (nSPS) is 11.2. The van der Waals surface area contributed by atoms with E-state index in [0.29, 0.717) is 25.3 Å². The van der Waals surface area contributed by atoms with Gasteiger partial charge in [-0.15, -0.1) is 5.10 Å². The van der Waals surface area contributed by atoms with Gasteiger partial charge in [0.25, 0.3) is 6.43 Å². The third-order valence-electron chi connectivity index (χ3n) is 1.66. The van der Waals surface area contributed by atoms with Gasteiger partial charge in [0.1, 0.15) is 6.61 Å². The van der Waals surface area contributed by atoms with E-state index in [1.807, 2.05) is 0 Å². The van der Waals surface area contributed by atoms with E-state index >= 15 is 0 Å². The first-order valence-corrected chi connectivity index (χ1v) is 4.55.